The Balaban J connectivity index is 1.84. The first-order valence-electron chi connectivity index (χ1n) is 6.52. The van der Waals surface area contributed by atoms with E-state index in [1.165, 1.54) is 0 Å². The van der Waals surface area contributed by atoms with E-state index in [-0.39, 0.29) is 5.91 Å². The van der Waals surface area contributed by atoms with E-state index in [1.54, 1.807) is 6.92 Å². The van der Waals surface area contributed by atoms with Crippen LogP contribution in [0.3, 0.4) is 0 Å². The molecule has 0 aromatic carbocycles. The number of amides is 1. The largest absolute Gasteiger partial charge is 0.369 e. The van der Waals surface area contributed by atoms with Gasteiger partial charge in [-0.15, -0.1) is 0 Å². The molecule has 2 rings (SSSR count). The molecule has 2 aromatic heterocycles. The number of nitrogens with zero attached hydrogens (tertiary/aromatic N) is 2. The van der Waals surface area contributed by atoms with E-state index in [2.05, 4.69) is 10.3 Å². The van der Waals surface area contributed by atoms with Crippen LogP contribution in [0.4, 0.5) is 0 Å². The van der Waals surface area contributed by atoms with Crippen molar-refractivity contribution < 1.29 is 9.53 Å². The number of hydrogen-bond donors (Lipinski definition) is 1. The van der Waals surface area contributed by atoms with Crippen LogP contribution in [0.1, 0.15) is 19.5 Å². The lowest BCUT2D eigenvalue weighted by Crippen LogP contribution is -2.35. The number of rotatable bonds is 6. The predicted molar refractivity (Wildman–Crippen MR) is 73.0 cm³/mol. The quantitative estimate of drug-likeness (QED) is 0.855. The minimum atomic E-state index is -0.397. The molecule has 102 valence electrons. The number of carbonyl (C=O) groups is 1. The number of ether oxygens (including phenoxy) is 1. The maximum Gasteiger partial charge on any atom is 0.248 e. The van der Waals surface area contributed by atoms with Crippen LogP contribution in [0.25, 0.3) is 5.65 Å². The Morgan fingerprint density at radius 1 is 1.53 bits per heavy atom. The third-order valence-electron chi connectivity index (χ3n) is 2.88. The zero-order chi connectivity index (χ0) is 13.7. The Labute approximate surface area is 112 Å². The Hall–Kier alpha value is -1.88. The predicted octanol–water partition coefficient (Wildman–Crippen LogP) is 1.42. The number of pyridine rings is 1. The van der Waals surface area contributed by atoms with Crippen LogP contribution >= 0.6 is 0 Å². The number of hydrogen-bond acceptors (Lipinski definition) is 3. The van der Waals surface area contributed by atoms with Crippen LogP contribution in [0.15, 0.2) is 30.6 Å². The van der Waals surface area contributed by atoms with E-state index < -0.39 is 6.10 Å². The van der Waals surface area contributed by atoms with Crippen molar-refractivity contribution in [3.05, 3.63) is 36.3 Å². The fourth-order valence-electron chi connectivity index (χ4n) is 1.89. The van der Waals surface area contributed by atoms with Crippen molar-refractivity contribution in [2.45, 2.75) is 26.4 Å². The van der Waals surface area contributed by atoms with Gasteiger partial charge in [0.2, 0.25) is 5.91 Å². The summed E-state index contributed by atoms with van der Waals surface area (Å²) in [5, 5.41) is 2.85. The highest BCUT2D eigenvalue weighted by molar-refractivity contribution is 5.80. The molecule has 0 aliphatic carbocycles. The molecule has 0 spiro atoms. The summed E-state index contributed by atoms with van der Waals surface area (Å²) in [6.07, 6.45) is 4.26. The van der Waals surface area contributed by atoms with E-state index in [0.717, 1.165) is 11.3 Å². The monoisotopic (exact) mass is 261 g/mol. The molecule has 5 heteroatoms. The molecule has 0 bridgehead atoms. The Morgan fingerprint density at radius 2 is 2.37 bits per heavy atom. The standard InChI is InChI=1S/C14H19N3O2/c1-3-19-11(2)14(18)15-8-7-12-10-17-9-5-4-6-13(17)16-12/h4-6,9-11H,3,7-8H2,1-2H3,(H,15,18)/t11-/m1/s1. The summed E-state index contributed by atoms with van der Waals surface area (Å²) in [6, 6.07) is 5.88. The first-order valence-corrected chi connectivity index (χ1v) is 6.52. The molecule has 5 nitrogen and oxygen atoms in total. The van der Waals surface area contributed by atoms with Crippen molar-refractivity contribution in [3.63, 3.8) is 0 Å². The summed E-state index contributed by atoms with van der Waals surface area (Å²) in [7, 11) is 0. The Bertz CT molecular complexity index is 517. The van der Waals surface area contributed by atoms with Gasteiger partial charge in [-0.2, -0.15) is 0 Å². The number of fused-ring (bicyclic) bond motifs is 1. The fraction of sp³-hybridized carbons (Fsp3) is 0.429. The van der Waals surface area contributed by atoms with E-state index in [1.807, 2.05) is 41.9 Å². The minimum Gasteiger partial charge on any atom is -0.369 e. The van der Waals surface area contributed by atoms with Crippen molar-refractivity contribution in [1.29, 1.82) is 0 Å². The van der Waals surface area contributed by atoms with E-state index in [9.17, 15) is 4.79 Å². The van der Waals surface area contributed by atoms with Gasteiger partial charge in [0.05, 0.1) is 5.69 Å². The molecule has 2 heterocycles. The molecule has 0 saturated carbocycles. The van der Waals surface area contributed by atoms with Gasteiger partial charge < -0.3 is 14.5 Å². The highest BCUT2D eigenvalue weighted by atomic mass is 16.5. The molecule has 0 fully saturated rings. The van der Waals surface area contributed by atoms with Crippen LogP contribution in [0, 0.1) is 0 Å². The molecule has 0 radical (unpaired) electrons. The van der Waals surface area contributed by atoms with E-state index >= 15 is 0 Å². The number of aromatic nitrogens is 2. The van der Waals surface area contributed by atoms with Gasteiger partial charge in [-0.25, -0.2) is 4.98 Å². The van der Waals surface area contributed by atoms with Crippen LogP contribution in [-0.2, 0) is 16.0 Å². The van der Waals surface area contributed by atoms with E-state index in [0.29, 0.717) is 19.6 Å². The lowest BCUT2D eigenvalue weighted by atomic mass is 10.3. The summed E-state index contributed by atoms with van der Waals surface area (Å²) >= 11 is 0. The molecule has 0 aliphatic rings. The number of imidazole rings is 1. The van der Waals surface area contributed by atoms with Crippen LogP contribution in [-0.4, -0.2) is 34.5 Å². The second kappa shape index (κ2) is 6.33. The van der Waals surface area contributed by atoms with Gasteiger partial charge in [0.25, 0.3) is 0 Å². The Morgan fingerprint density at radius 3 is 3.11 bits per heavy atom. The lowest BCUT2D eigenvalue weighted by molar-refractivity contribution is -0.131. The maximum atomic E-state index is 11.6. The van der Waals surface area contributed by atoms with Gasteiger partial charge in [0, 0.05) is 32.0 Å². The second-order valence-electron chi connectivity index (χ2n) is 4.34. The van der Waals surface area contributed by atoms with Crippen LogP contribution in [0.2, 0.25) is 0 Å². The van der Waals surface area contributed by atoms with Gasteiger partial charge in [-0.05, 0) is 26.0 Å². The smallest absolute Gasteiger partial charge is 0.248 e. The molecule has 1 N–H and O–H groups in total. The SMILES string of the molecule is CCO[C@H](C)C(=O)NCCc1cn2ccccc2n1. The van der Waals surface area contributed by atoms with Crippen molar-refractivity contribution >= 4 is 11.6 Å². The average molecular weight is 261 g/mol. The van der Waals surface area contributed by atoms with Gasteiger partial charge in [0.15, 0.2) is 0 Å². The zero-order valence-corrected chi connectivity index (χ0v) is 11.3. The second-order valence-corrected chi connectivity index (χ2v) is 4.34. The van der Waals surface area contributed by atoms with Crippen molar-refractivity contribution in [2.24, 2.45) is 0 Å². The van der Waals surface area contributed by atoms with Crippen molar-refractivity contribution in [2.75, 3.05) is 13.2 Å². The molecule has 1 atom stereocenters. The van der Waals surface area contributed by atoms with Gasteiger partial charge >= 0.3 is 0 Å². The van der Waals surface area contributed by atoms with Crippen LogP contribution < -0.4 is 5.32 Å². The number of carbonyl (C=O) groups excluding carboxylic acids is 1. The molecule has 0 unspecified atom stereocenters. The highest BCUT2D eigenvalue weighted by Crippen LogP contribution is 2.04. The van der Waals surface area contributed by atoms with Crippen LogP contribution in [0.5, 0.6) is 0 Å². The summed E-state index contributed by atoms with van der Waals surface area (Å²) < 4.78 is 7.19. The molecule has 1 amide bonds. The van der Waals surface area contributed by atoms with Crippen molar-refractivity contribution in [3.8, 4) is 0 Å². The zero-order valence-electron chi connectivity index (χ0n) is 11.3. The third kappa shape index (κ3) is 3.54. The Kier molecular flexibility index (Phi) is 4.52. The molecule has 2 aromatic rings. The summed E-state index contributed by atoms with van der Waals surface area (Å²) in [5.74, 6) is -0.0781. The lowest BCUT2D eigenvalue weighted by Gasteiger charge is -2.11. The highest BCUT2D eigenvalue weighted by Gasteiger charge is 2.11. The topological polar surface area (TPSA) is 55.6 Å². The average Bonchev–Trinajstić information content (AvgIpc) is 2.81. The molecular weight excluding hydrogens is 242 g/mol. The fourth-order valence-corrected chi connectivity index (χ4v) is 1.89. The van der Waals surface area contributed by atoms with Gasteiger partial charge in [-0.3, -0.25) is 4.79 Å². The van der Waals surface area contributed by atoms with Gasteiger partial charge in [-0.1, -0.05) is 6.07 Å². The molecule has 0 saturated heterocycles. The summed E-state index contributed by atoms with van der Waals surface area (Å²) in [6.45, 7) is 4.74. The number of nitrogens with one attached hydrogen (secondary N) is 1. The molecular formula is C14H19N3O2. The molecule has 0 aliphatic heterocycles. The first kappa shape index (κ1) is 13.5. The normalized spacial score (nSPS) is 12.5. The van der Waals surface area contributed by atoms with Gasteiger partial charge in [0.1, 0.15) is 11.8 Å². The maximum absolute atomic E-state index is 11.6. The van der Waals surface area contributed by atoms with E-state index in [4.69, 9.17) is 4.74 Å². The van der Waals surface area contributed by atoms with Crippen molar-refractivity contribution in [1.82, 2.24) is 14.7 Å². The summed E-state index contributed by atoms with van der Waals surface area (Å²) in [5.41, 5.74) is 1.89. The first-order chi connectivity index (χ1) is 9.20. The third-order valence-corrected chi connectivity index (χ3v) is 2.88. The molecule has 19 heavy (non-hydrogen) atoms. The summed E-state index contributed by atoms with van der Waals surface area (Å²) in [4.78, 5) is 16.1. The minimum absolute atomic E-state index is 0.0781.